The van der Waals surface area contributed by atoms with Gasteiger partial charge in [-0.25, -0.2) is 4.79 Å². The standard InChI is InChI=1S/C11H16O3/c1-3-10(9(12)13-2)11(14-10)5-4-7-6-8(7)11/h7-8H,3-6H2,1-2H3. The first-order valence-corrected chi connectivity index (χ1v) is 5.49. The quantitative estimate of drug-likeness (QED) is 0.496. The van der Waals surface area contributed by atoms with Gasteiger partial charge in [0, 0.05) is 0 Å². The Bertz CT molecular complexity index is 301. The molecule has 4 unspecified atom stereocenters. The number of hydrogen-bond acceptors (Lipinski definition) is 3. The largest absolute Gasteiger partial charge is 0.467 e. The molecule has 14 heavy (non-hydrogen) atoms. The summed E-state index contributed by atoms with van der Waals surface area (Å²) in [5, 5.41) is 0. The number of epoxide rings is 1. The van der Waals surface area contributed by atoms with Crippen molar-refractivity contribution in [2.75, 3.05) is 7.11 Å². The number of rotatable bonds is 2. The van der Waals surface area contributed by atoms with Crippen molar-refractivity contribution >= 4 is 5.97 Å². The van der Waals surface area contributed by atoms with Gasteiger partial charge in [0.05, 0.1) is 7.11 Å². The summed E-state index contributed by atoms with van der Waals surface area (Å²) in [6, 6.07) is 0. The van der Waals surface area contributed by atoms with Crippen molar-refractivity contribution in [1.29, 1.82) is 0 Å². The normalized spacial score (nSPS) is 53.0. The Kier molecular flexibility index (Phi) is 1.45. The van der Waals surface area contributed by atoms with Gasteiger partial charge in [0.25, 0.3) is 0 Å². The van der Waals surface area contributed by atoms with Crippen LogP contribution in [0.5, 0.6) is 0 Å². The van der Waals surface area contributed by atoms with Crippen molar-refractivity contribution in [3.05, 3.63) is 0 Å². The van der Waals surface area contributed by atoms with Crippen LogP contribution >= 0.6 is 0 Å². The zero-order chi connectivity index (χ0) is 9.97. The van der Waals surface area contributed by atoms with Gasteiger partial charge in [0.1, 0.15) is 5.60 Å². The van der Waals surface area contributed by atoms with Crippen molar-refractivity contribution in [1.82, 2.24) is 0 Å². The Hall–Kier alpha value is -0.570. The van der Waals surface area contributed by atoms with Gasteiger partial charge in [0.2, 0.25) is 0 Å². The molecule has 2 saturated carbocycles. The van der Waals surface area contributed by atoms with Gasteiger partial charge in [-0.3, -0.25) is 0 Å². The summed E-state index contributed by atoms with van der Waals surface area (Å²) < 4.78 is 10.7. The summed E-state index contributed by atoms with van der Waals surface area (Å²) in [6.45, 7) is 2.02. The molecule has 0 radical (unpaired) electrons. The molecule has 1 saturated heterocycles. The fraction of sp³-hybridized carbons (Fsp3) is 0.909. The molecule has 0 N–H and O–H groups in total. The third-order valence-corrected chi connectivity index (χ3v) is 4.42. The van der Waals surface area contributed by atoms with Gasteiger partial charge in [-0.15, -0.1) is 0 Å². The third-order valence-electron chi connectivity index (χ3n) is 4.42. The summed E-state index contributed by atoms with van der Waals surface area (Å²) >= 11 is 0. The first kappa shape index (κ1) is 8.72. The molecular formula is C11H16O3. The lowest BCUT2D eigenvalue weighted by Crippen LogP contribution is -2.35. The third kappa shape index (κ3) is 0.724. The monoisotopic (exact) mass is 196 g/mol. The molecule has 3 aliphatic rings. The van der Waals surface area contributed by atoms with Crippen LogP contribution in [0.2, 0.25) is 0 Å². The van der Waals surface area contributed by atoms with Crippen LogP contribution < -0.4 is 0 Å². The number of carbonyl (C=O) groups is 1. The molecule has 1 spiro atoms. The molecule has 78 valence electrons. The van der Waals surface area contributed by atoms with E-state index >= 15 is 0 Å². The Morgan fingerprint density at radius 1 is 1.64 bits per heavy atom. The van der Waals surface area contributed by atoms with E-state index < -0.39 is 5.60 Å². The minimum Gasteiger partial charge on any atom is -0.467 e. The first-order valence-electron chi connectivity index (χ1n) is 5.49. The molecule has 1 heterocycles. The molecule has 0 amide bonds. The number of methoxy groups -OCH3 is 1. The zero-order valence-electron chi connectivity index (χ0n) is 8.71. The van der Waals surface area contributed by atoms with Crippen molar-refractivity contribution in [2.24, 2.45) is 11.8 Å². The highest BCUT2D eigenvalue weighted by atomic mass is 16.7. The van der Waals surface area contributed by atoms with Gasteiger partial charge in [-0.1, -0.05) is 6.92 Å². The predicted molar refractivity (Wildman–Crippen MR) is 49.7 cm³/mol. The first-order chi connectivity index (χ1) is 6.70. The Morgan fingerprint density at radius 3 is 2.86 bits per heavy atom. The fourth-order valence-electron chi connectivity index (χ4n) is 3.53. The average molecular weight is 196 g/mol. The molecule has 0 aromatic heterocycles. The highest BCUT2D eigenvalue weighted by Crippen LogP contribution is 2.72. The van der Waals surface area contributed by atoms with Crippen molar-refractivity contribution in [3.63, 3.8) is 0 Å². The van der Waals surface area contributed by atoms with Crippen molar-refractivity contribution in [2.45, 2.75) is 43.8 Å². The minimum absolute atomic E-state index is 0.112. The van der Waals surface area contributed by atoms with Gasteiger partial charge in [-0.2, -0.15) is 0 Å². The molecule has 3 rings (SSSR count). The number of fused-ring (bicyclic) bond motifs is 2. The van der Waals surface area contributed by atoms with E-state index in [1.807, 2.05) is 6.92 Å². The molecule has 0 bridgehead atoms. The Labute approximate surface area is 83.8 Å². The average Bonchev–Trinajstić information content (AvgIpc) is 3.05. The SMILES string of the molecule is CCC1(C(=O)OC)OC12CCC1CC12. The van der Waals surface area contributed by atoms with E-state index in [2.05, 4.69) is 0 Å². The summed E-state index contributed by atoms with van der Waals surface area (Å²) in [4.78, 5) is 11.7. The molecule has 4 atom stereocenters. The topological polar surface area (TPSA) is 38.8 Å². The van der Waals surface area contributed by atoms with E-state index in [1.165, 1.54) is 20.0 Å². The van der Waals surface area contributed by atoms with Crippen LogP contribution in [0.3, 0.4) is 0 Å². The van der Waals surface area contributed by atoms with E-state index in [1.54, 1.807) is 0 Å². The van der Waals surface area contributed by atoms with Gasteiger partial charge < -0.3 is 9.47 Å². The van der Waals surface area contributed by atoms with Crippen molar-refractivity contribution < 1.29 is 14.3 Å². The van der Waals surface area contributed by atoms with E-state index in [0.717, 1.165) is 18.8 Å². The molecule has 3 heteroatoms. The summed E-state index contributed by atoms with van der Waals surface area (Å²) in [5.41, 5.74) is -0.683. The highest BCUT2D eigenvalue weighted by Gasteiger charge is 2.82. The lowest BCUT2D eigenvalue weighted by Gasteiger charge is -2.13. The van der Waals surface area contributed by atoms with Crippen LogP contribution in [0.4, 0.5) is 0 Å². The van der Waals surface area contributed by atoms with E-state index in [4.69, 9.17) is 9.47 Å². The van der Waals surface area contributed by atoms with E-state index in [-0.39, 0.29) is 11.6 Å². The van der Waals surface area contributed by atoms with E-state index in [9.17, 15) is 4.79 Å². The van der Waals surface area contributed by atoms with Crippen LogP contribution in [0.25, 0.3) is 0 Å². The predicted octanol–water partition coefficient (Wildman–Crippen LogP) is 1.51. The molecule has 0 aromatic carbocycles. The highest BCUT2D eigenvalue weighted by molar-refractivity contribution is 5.85. The van der Waals surface area contributed by atoms with Crippen molar-refractivity contribution in [3.8, 4) is 0 Å². The second-order valence-corrected chi connectivity index (χ2v) is 4.80. The molecule has 3 fully saturated rings. The van der Waals surface area contributed by atoms with Gasteiger partial charge in [-0.05, 0) is 37.5 Å². The number of hydrogen-bond donors (Lipinski definition) is 0. The number of ether oxygens (including phenoxy) is 2. The second kappa shape index (κ2) is 2.32. The Balaban J connectivity index is 1.89. The molecule has 3 nitrogen and oxygen atoms in total. The van der Waals surface area contributed by atoms with Crippen LogP contribution in [0.1, 0.15) is 32.6 Å². The molecule has 0 aromatic rings. The molecular weight excluding hydrogens is 180 g/mol. The number of esters is 1. The van der Waals surface area contributed by atoms with Gasteiger partial charge in [0.15, 0.2) is 5.60 Å². The second-order valence-electron chi connectivity index (χ2n) is 4.80. The smallest absolute Gasteiger partial charge is 0.341 e. The van der Waals surface area contributed by atoms with Gasteiger partial charge >= 0.3 is 5.97 Å². The lowest BCUT2D eigenvalue weighted by atomic mass is 9.86. The summed E-state index contributed by atoms with van der Waals surface area (Å²) in [5.74, 6) is 1.34. The zero-order valence-corrected chi connectivity index (χ0v) is 8.71. The minimum atomic E-state index is -0.572. The van der Waals surface area contributed by atoms with Crippen LogP contribution in [-0.2, 0) is 14.3 Å². The maximum atomic E-state index is 11.7. The maximum Gasteiger partial charge on any atom is 0.341 e. The van der Waals surface area contributed by atoms with Crippen LogP contribution in [-0.4, -0.2) is 24.3 Å². The molecule has 1 aliphatic heterocycles. The Morgan fingerprint density at radius 2 is 2.43 bits per heavy atom. The maximum absolute atomic E-state index is 11.7. The van der Waals surface area contributed by atoms with Crippen LogP contribution in [0.15, 0.2) is 0 Å². The lowest BCUT2D eigenvalue weighted by molar-refractivity contribution is -0.147. The van der Waals surface area contributed by atoms with E-state index in [0.29, 0.717) is 5.92 Å². The molecule has 2 aliphatic carbocycles. The summed E-state index contributed by atoms with van der Waals surface area (Å²) in [7, 11) is 1.45. The van der Waals surface area contributed by atoms with Crippen LogP contribution in [0, 0.1) is 11.8 Å². The number of carbonyl (C=O) groups excluding carboxylic acids is 1. The summed E-state index contributed by atoms with van der Waals surface area (Å²) in [6.07, 6.45) is 4.32. The fourth-order valence-corrected chi connectivity index (χ4v) is 3.53.